The zero-order chi connectivity index (χ0) is 8.69. The van der Waals surface area contributed by atoms with Crippen molar-refractivity contribution in [2.75, 3.05) is 0 Å². The molecule has 11 heavy (non-hydrogen) atoms. The molecule has 0 radical (unpaired) electrons. The molecule has 0 fully saturated rings. The van der Waals surface area contributed by atoms with Gasteiger partial charge in [-0.3, -0.25) is 9.59 Å². The number of allylic oxidation sites excluding steroid dienone is 3. The summed E-state index contributed by atoms with van der Waals surface area (Å²) in [5, 5.41) is 0. The molecule has 0 aromatic heterocycles. The molecule has 0 heterocycles. The fourth-order valence-electron chi connectivity index (χ4n) is 0.672. The molecule has 0 spiro atoms. The SMILES string of the molecule is C=CCC(=O)CC(=O)C=CC. The highest BCUT2D eigenvalue weighted by atomic mass is 16.1. The second-order valence-electron chi connectivity index (χ2n) is 2.17. The Morgan fingerprint density at radius 1 is 1.45 bits per heavy atom. The highest BCUT2D eigenvalue weighted by molar-refractivity contribution is 6.04. The van der Waals surface area contributed by atoms with Gasteiger partial charge in [0.1, 0.15) is 5.78 Å². The predicted molar refractivity (Wildman–Crippen MR) is 44.3 cm³/mol. The number of rotatable bonds is 5. The normalized spacial score (nSPS) is 9.91. The minimum Gasteiger partial charge on any atom is -0.299 e. The molecule has 0 aromatic rings. The highest BCUT2D eigenvalue weighted by Crippen LogP contribution is 1.93. The molecule has 0 rings (SSSR count). The zero-order valence-electron chi connectivity index (χ0n) is 6.67. The van der Waals surface area contributed by atoms with E-state index in [0.29, 0.717) is 0 Å². The predicted octanol–water partition coefficient (Wildman–Crippen LogP) is 1.67. The van der Waals surface area contributed by atoms with Gasteiger partial charge in [0.05, 0.1) is 6.42 Å². The first-order valence-electron chi connectivity index (χ1n) is 3.48. The van der Waals surface area contributed by atoms with E-state index in [-0.39, 0.29) is 24.4 Å². The van der Waals surface area contributed by atoms with Crippen molar-refractivity contribution < 1.29 is 9.59 Å². The highest BCUT2D eigenvalue weighted by Gasteiger charge is 2.03. The Hall–Kier alpha value is -1.18. The topological polar surface area (TPSA) is 34.1 Å². The van der Waals surface area contributed by atoms with E-state index in [0.717, 1.165) is 0 Å². The Morgan fingerprint density at radius 2 is 2.09 bits per heavy atom. The van der Waals surface area contributed by atoms with Crippen molar-refractivity contribution in [1.29, 1.82) is 0 Å². The van der Waals surface area contributed by atoms with E-state index in [2.05, 4.69) is 6.58 Å². The molecular weight excluding hydrogens is 140 g/mol. The van der Waals surface area contributed by atoms with E-state index in [1.807, 2.05) is 0 Å². The number of carbonyl (C=O) groups excluding carboxylic acids is 2. The monoisotopic (exact) mass is 152 g/mol. The van der Waals surface area contributed by atoms with Crippen LogP contribution in [0.2, 0.25) is 0 Å². The van der Waals surface area contributed by atoms with Gasteiger partial charge in [-0.2, -0.15) is 0 Å². The summed E-state index contributed by atoms with van der Waals surface area (Å²) in [5.74, 6) is -0.220. The minimum atomic E-state index is -0.139. The molecule has 2 nitrogen and oxygen atoms in total. The van der Waals surface area contributed by atoms with Crippen LogP contribution in [0, 0.1) is 0 Å². The van der Waals surface area contributed by atoms with Gasteiger partial charge in [0, 0.05) is 6.42 Å². The van der Waals surface area contributed by atoms with Crippen molar-refractivity contribution in [3.05, 3.63) is 24.8 Å². The third kappa shape index (κ3) is 5.27. The molecule has 60 valence electrons. The van der Waals surface area contributed by atoms with Crippen LogP contribution in [-0.2, 0) is 9.59 Å². The molecule has 0 bridgehead atoms. The van der Waals surface area contributed by atoms with Crippen molar-refractivity contribution in [1.82, 2.24) is 0 Å². The number of ketones is 2. The average Bonchev–Trinajstić information content (AvgIpc) is 1.87. The van der Waals surface area contributed by atoms with Crippen LogP contribution in [0.5, 0.6) is 0 Å². The summed E-state index contributed by atoms with van der Waals surface area (Å²) in [6.45, 7) is 5.15. The molecule has 0 amide bonds. The number of Topliss-reactive ketones (excluding diaryl/α,β-unsaturated/α-hetero) is 1. The van der Waals surface area contributed by atoms with Gasteiger partial charge in [-0.05, 0) is 13.0 Å². The smallest absolute Gasteiger partial charge is 0.162 e. The summed E-state index contributed by atoms with van der Waals surface area (Å²) < 4.78 is 0. The zero-order valence-corrected chi connectivity index (χ0v) is 6.67. The Kier molecular flexibility index (Phi) is 4.99. The Labute approximate surface area is 66.6 Å². The largest absolute Gasteiger partial charge is 0.299 e. The maximum Gasteiger partial charge on any atom is 0.162 e. The van der Waals surface area contributed by atoms with Crippen molar-refractivity contribution in [2.24, 2.45) is 0 Å². The van der Waals surface area contributed by atoms with E-state index in [1.54, 1.807) is 13.0 Å². The Morgan fingerprint density at radius 3 is 2.55 bits per heavy atom. The second-order valence-corrected chi connectivity index (χ2v) is 2.17. The fourth-order valence-corrected chi connectivity index (χ4v) is 0.672. The van der Waals surface area contributed by atoms with Gasteiger partial charge in [-0.25, -0.2) is 0 Å². The first-order chi connectivity index (χ1) is 5.20. The van der Waals surface area contributed by atoms with E-state index >= 15 is 0 Å². The van der Waals surface area contributed by atoms with Crippen molar-refractivity contribution in [2.45, 2.75) is 19.8 Å². The number of carbonyl (C=O) groups is 2. The van der Waals surface area contributed by atoms with Crippen LogP contribution < -0.4 is 0 Å². The molecule has 0 atom stereocenters. The number of hydrogen-bond donors (Lipinski definition) is 0. The van der Waals surface area contributed by atoms with Gasteiger partial charge in [-0.15, -0.1) is 6.58 Å². The molecule has 0 aliphatic heterocycles. The maximum atomic E-state index is 10.8. The van der Waals surface area contributed by atoms with E-state index in [1.165, 1.54) is 12.2 Å². The summed E-state index contributed by atoms with van der Waals surface area (Å²) >= 11 is 0. The fraction of sp³-hybridized carbons (Fsp3) is 0.333. The lowest BCUT2D eigenvalue weighted by Crippen LogP contribution is -2.03. The van der Waals surface area contributed by atoms with Gasteiger partial charge in [0.25, 0.3) is 0 Å². The summed E-state index contributed by atoms with van der Waals surface area (Å²) in [6.07, 6.45) is 4.81. The van der Waals surface area contributed by atoms with E-state index in [4.69, 9.17) is 0 Å². The summed E-state index contributed by atoms with van der Waals surface area (Å²) in [5.41, 5.74) is 0. The van der Waals surface area contributed by atoms with E-state index in [9.17, 15) is 9.59 Å². The van der Waals surface area contributed by atoms with Crippen LogP contribution in [0.15, 0.2) is 24.8 Å². The van der Waals surface area contributed by atoms with Crippen LogP contribution >= 0.6 is 0 Å². The van der Waals surface area contributed by atoms with Gasteiger partial charge < -0.3 is 0 Å². The number of hydrogen-bond acceptors (Lipinski definition) is 2. The molecule has 0 saturated carbocycles. The maximum absolute atomic E-state index is 10.8. The average molecular weight is 152 g/mol. The summed E-state index contributed by atoms with van der Waals surface area (Å²) in [4.78, 5) is 21.6. The van der Waals surface area contributed by atoms with Crippen LogP contribution in [0.4, 0.5) is 0 Å². The van der Waals surface area contributed by atoms with Crippen LogP contribution in [0.1, 0.15) is 19.8 Å². The lowest BCUT2D eigenvalue weighted by molar-refractivity contribution is -0.124. The summed E-state index contributed by atoms with van der Waals surface area (Å²) in [6, 6.07) is 0. The second kappa shape index (κ2) is 5.59. The molecule has 0 aromatic carbocycles. The molecule has 0 saturated heterocycles. The third-order valence-corrected chi connectivity index (χ3v) is 1.10. The minimum absolute atomic E-state index is 0.00361. The molecule has 0 unspecified atom stereocenters. The third-order valence-electron chi connectivity index (χ3n) is 1.10. The van der Waals surface area contributed by atoms with Crippen molar-refractivity contribution in [3.63, 3.8) is 0 Å². The van der Waals surface area contributed by atoms with Crippen LogP contribution in [-0.4, -0.2) is 11.6 Å². The first kappa shape index (κ1) is 9.82. The summed E-state index contributed by atoms with van der Waals surface area (Å²) in [7, 11) is 0. The lowest BCUT2D eigenvalue weighted by Gasteiger charge is -1.90. The van der Waals surface area contributed by atoms with Gasteiger partial charge in [0.2, 0.25) is 0 Å². The first-order valence-corrected chi connectivity index (χ1v) is 3.48. The Bertz CT molecular complexity index is 190. The standard InChI is InChI=1S/C9H12O2/c1-3-5-8(10)7-9(11)6-4-2/h3-4,6H,1,5,7H2,2H3. The lowest BCUT2D eigenvalue weighted by atomic mass is 10.1. The molecule has 0 N–H and O–H groups in total. The molecule has 0 aliphatic carbocycles. The molecular formula is C9H12O2. The van der Waals surface area contributed by atoms with Crippen molar-refractivity contribution >= 4 is 11.6 Å². The van der Waals surface area contributed by atoms with Crippen molar-refractivity contribution in [3.8, 4) is 0 Å². The molecule has 0 aliphatic rings. The van der Waals surface area contributed by atoms with Crippen LogP contribution in [0.25, 0.3) is 0 Å². The Balaban J connectivity index is 3.75. The molecule has 2 heteroatoms. The van der Waals surface area contributed by atoms with E-state index < -0.39 is 0 Å². The van der Waals surface area contributed by atoms with Gasteiger partial charge >= 0.3 is 0 Å². The quantitative estimate of drug-likeness (QED) is 0.341. The van der Waals surface area contributed by atoms with Gasteiger partial charge in [0.15, 0.2) is 5.78 Å². The van der Waals surface area contributed by atoms with Gasteiger partial charge in [-0.1, -0.05) is 12.2 Å². The van der Waals surface area contributed by atoms with Crippen LogP contribution in [0.3, 0.4) is 0 Å².